The molecule has 8 heteroatoms. The van der Waals surface area contributed by atoms with Crippen molar-refractivity contribution in [2.75, 3.05) is 0 Å². The summed E-state index contributed by atoms with van der Waals surface area (Å²) in [4.78, 5) is 18.5. The lowest BCUT2D eigenvalue weighted by Crippen LogP contribution is -2.10. The van der Waals surface area contributed by atoms with Crippen molar-refractivity contribution in [3.63, 3.8) is 0 Å². The van der Waals surface area contributed by atoms with Crippen molar-refractivity contribution in [3.05, 3.63) is 52.5 Å². The summed E-state index contributed by atoms with van der Waals surface area (Å²) in [6.07, 6.45) is 2.89. The van der Waals surface area contributed by atoms with E-state index in [-0.39, 0.29) is 16.3 Å². The molecule has 20 heavy (non-hydrogen) atoms. The number of carboxylic acids is 1. The van der Waals surface area contributed by atoms with Gasteiger partial charge in [0.25, 0.3) is 0 Å². The van der Waals surface area contributed by atoms with E-state index in [0.717, 1.165) is 6.07 Å². The van der Waals surface area contributed by atoms with E-state index in [1.165, 1.54) is 24.5 Å². The summed E-state index contributed by atoms with van der Waals surface area (Å²) < 4.78 is 24.9. The second-order valence-corrected chi connectivity index (χ2v) is 6.69. The molecule has 6 nitrogen and oxygen atoms in total. The first-order valence-electron chi connectivity index (χ1n) is 5.41. The van der Waals surface area contributed by atoms with Crippen LogP contribution in [0.3, 0.4) is 0 Å². The van der Waals surface area contributed by atoms with Gasteiger partial charge in [0.2, 0.25) is 0 Å². The average molecular weight is 357 g/mol. The molecule has 0 aliphatic carbocycles. The van der Waals surface area contributed by atoms with E-state index in [9.17, 15) is 13.2 Å². The molecule has 1 aromatic heterocycles. The Hall–Kier alpha value is -1.80. The van der Waals surface area contributed by atoms with Gasteiger partial charge in [-0.15, -0.1) is 0 Å². The van der Waals surface area contributed by atoms with E-state index in [1.54, 1.807) is 6.07 Å². The molecule has 0 saturated heterocycles. The molecule has 0 bridgehead atoms. The van der Waals surface area contributed by atoms with Crippen LogP contribution >= 0.6 is 15.9 Å². The lowest BCUT2D eigenvalue weighted by molar-refractivity contribution is 0.0696. The first-order valence-corrected chi connectivity index (χ1v) is 7.86. The molecule has 1 heterocycles. The van der Waals surface area contributed by atoms with Crippen LogP contribution in [0.5, 0.6) is 0 Å². The zero-order valence-corrected chi connectivity index (χ0v) is 12.4. The summed E-state index contributed by atoms with van der Waals surface area (Å²) in [5.41, 5.74) is -0.0965. The van der Waals surface area contributed by atoms with Crippen LogP contribution in [0.4, 0.5) is 0 Å². The van der Waals surface area contributed by atoms with Crippen LogP contribution in [0.25, 0.3) is 0 Å². The van der Waals surface area contributed by atoms with E-state index >= 15 is 0 Å². The standard InChI is InChI=1S/C12H9BrN2O4S/c13-9-3-2-8(12(16)17)6-10(9)20(18,19)7-11-14-4-1-5-15-11/h1-6H,7H2,(H,16,17). The molecule has 0 unspecified atom stereocenters. The number of hydrogen-bond donors (Lipinski definition) is 1. The van der Waals surface area contributed by atoms with Gasteiger partial charge in [-0.3, -0.25) is 0 Å². The maximum absolute atomic E-state index is 12.3. The van der Waals surface area contributed by atoms with E-state index in [2.05, 4.69) is 25.9 Å². The van der Waals surface area contributed by atoms with Gasteiger partial charge in [-0.25, -0.2) is 23.2 Å². The highest BCUT2D eigenvalue weighted by Crippen LogP contribution is 2.25. The third-order valence-corrected chi connectivity index (χ3v) is 5.05. The van der Waals surface area contributed by atoms with Crippen molar-refractivity contribution in [2.45, 2.75) is 10.6 Å². The monoisotopic (exact) mass is 356 g/mol. The lowest BCUT2D eigenvalue weighted by atomic mass is 10.2. The summed E-state index contributed by atoms with van der Waals surface area (Å²) in [6, 6.07) is 5.41. The highest BCUT2D eigenvalue weighted by Gasteiger charge is 2.21. The fourth-order valence-electron chi connectivity index (χ4n) is 1.53. The van der Waals surface area contributed by atoms with Crippen molar-refractivity contribution < 1.29 is 18.3 Å². The summed E-state index contributed by atoms with van der Waals surface area (Å²) in [5.74, 6) is -1.43. The summed E-state index contributed by atoms with van der Waals surface area (Å²) in [6.45, 7) is 0. The van der Waals surface area contributed by atoms with Crippen LogP contribution < -0.4 is 0 Å². The number of benzene rings is 1. The molecule has 0 radical (unpaired) electrons. The number of aromatic nitrogens is 2. The molecular formula is C12H9BrN2O4S. The molecule has 0 fully saturated rings. The predicted molar refractivity (Wildman–Crippen MR) is 74.0 cm³/mol. The maximum atomic E-state index is 12.3. The summed E-state index contributed by atoms with van der Waals surface area (Å²) in [5, 5.41) is 8.92. The fourth-order valence-corrected chi connectivity index (χ4v) is 3.83. The number of carboxylic acid groups (broad SMARTS) is 1. The molecule has 0 aliphatic rings. The summed E-state index contributed by atoms with van der Waals surface area (Å²) >= 11 is 3.12. The number of hydrogen-bond acceptors (Lipinski definition) is 5. The largest absolute Gasteiger partial charge is 0.478 e. The number of halogens is 1. The Bertz CT molecular complexity index is 747. The fraction of sp³-hybridized carbons (Fsp3) is 0.0833. The molecule has 0 atom stereocenters. The number of nitrogens with zero attached hydrogens (tertiary/aromatic N) is 2. The highest BCUT2D eigenvalue weighted by molar-refractivity contribution is 9.10. The topological polar surface area (TPSA) is 97.2 Å². The van der Waals surface area contributed by atoms with E-state index in [0.29, 0.717) is 4.47 Å². The normalized spacial score (nSPS) is 11.2. The minimum absolute atomic E-state index is 0.0927. The molecular weight excluding hydrogens is 348 g/mol. The van der Waals surface area contributed by atoms with Crippen LogP contribution in [0.15, 0.2) is 46.0 Å². The minimum Gasteiger partial charge on any atom is -0.478 e. The van der Waals surface area contributed by atoms with Gasteiger partial charge >= 0.3 is 5.97 Å². The second kappa shape index (κ2) is 5.68. The van der Waals surface area contributed by atoms with Crippen LogP contribution in [-0.2, 0) is 15.6 Å². The minimum atomic E-state index is -3.74. The average Bonchev–Trinajstić information content (AvgIpc) is 2.39. The first-order chi connectivity index (χ1) is 9.40. The van der Waals surface area contributed by atoms with Crippen molar-refractivity contribution >= 4 is 31.7 Å². The van der Waals surface area contributed by atoms with Gasteiger partial charge in [-0.1, -0.05) is 0 Å². The van der Waals surface area contributed by atoms with Gasteiger partial charge in [0.1, 0.15) is 11.6 Å². The van der Waals surface area contributed by atoms with Crippen molar-refractivity contribution in [1.29, 1.82) is 0 Å². The quantitative estimate of drug-likeness (QED) is 0.898. The van der Waals surface area contributed by atoms with Gasteiger partial charge in [0.15, 0.2) is 9.84 Å². The van der Waals surface area contributed by atoms with Crippen molar-refractivity contribution in [3.8, 4) is 0 Å². The zero-order valence-electron chi connectivity index (χ0n) is 10.0. The first kappa shape index (κ1) is 14.6. The number of aromatic carboxylic acids is 1. The van der Waals surface area contributed by atoms with Crippen LogP contribution in [0.1, 0.15) is 16.2 Å². The van der Waals surface area contributed by atoms with Crippen LogP contribution in [0.2, 0.25) is 0 Å². The summed E-state index contributed by atoms with van der Waals surface area (Å²) in [7, 11) is -3.74. The van der Waals surface area contributed by atoms with Gasteiger partial charge < -0.3 is 5.11 Å². The Balaban J connectivity index is 2.44. The van der Waals surface area contributed by atoms with Gasteiger partial charge in [-0.05, 0) is 40.2 Å². The number of sulfone groups is 1. The highest BCUT2D eigenvalue weighted by atomic mass is 79.9. The van der Waals surface area contributed by atoms with Crippen molar-refractivity contribution in [1.82, 2.24) is 9.97 Å². The van der Waals surface area contributed by atoms with Crippen molar-refractivity contribution in [2.24, 2.45) is 0 Å². The van der Waals surface area contributed by atoms with E-state index < -0.39 is 21.6 Å². The Morgan fingerprint density at radius 2 is 1.90 bits per heavy atom. The Labute approximate surface area is 123 Å². The Kier molecular flexibility index (Phi) is 4.15. The van der Waals surface area contributed by atoms with Gasteiger partial charge in [0.05, 0.1) is 10.5 Å². The number of rotatable bonds is 4. The smallest absolute Gasteiger partial charge is 0.335 e. The second-order valence-electron chi connectivity index (χ2n) is 3.87. The molecule has 0 spiro atoms. The predicted octanol–water partition coefficient (Wildman–Crippen LogP) is 1.91. The third-order valence-electron chi connectivity index (χ3n) is 2.45. The molecule has 1 N–H and O–H groups in total. The SMILES string of the molecule is O=C(O)c1ccc(Br)c(S(=O)(=O)Cc2ncccn2)c1. The van der Waals surface area contributed by atoms with E-state index in [4.69, 9.17) is 5.11 Å². The molecule has 2 rings (SSSR count). The number of carbonyl (C=O) groups is 1. The third kappa shape index (κ3) is 3.20. The lowest BCUT2D eigenvalue weighted by Gasteiger charge is -2.07. The van der Waals surface area contributed by atoms with Gasteiger partial charge in [0, 0.05) is 16.9 Å². The molecule has 104 valence electrons. The Morgan fingerprint density at radius 1 is 1.25 bits per heavy atom. The molecule has 2 aromatic rings. The molecule has 0 saturated carbocycles. The van der Waals surface area contributed by atoms with Crippen LogP contribution in [0, 0.1) is 0 Å². The van der Waals surface area contributed by atoms with Crippen LogP contribution in [-0.4, -0.2) is 29.5 Å². The molecule has 0 aliphatic heterocycles. The molecule has 1 aromatic carbocycles. The Morgan fingerprint density at radius 3 is 2.50 bits per heavy atom. The van der Waals surface area contributed by atoms with Gasteiger partial charge in [-0.2, -0.15) is 0 Å². The maximum Gasteiger partial charge on any atom is 0.335 e. The molecule has 0 amide bonds. The van der Waals surface area contributed by atoms with E-state index in [1.807, 2.05) is 0 Å². The zero-order chi connectivity index (χ0) is 14.8.